The van der Waals surface area contributed by atoms with E-state index >= 15 is 0 Å². The number of hydrogen-bond acceptors (Lipinski definition) is 5. The summed E-state index contributed by atoms with van der Waals surface area (Å²) in [5.74, 6) is 1.03. The molecule has 0 fully saturated rings. The normalized spacial score (nSPS) is 11.2. The molecule has 18 heavy (non-hydrogen) atoms. The summed E-state index contributed by atoms with van der Waals surface area (Å²) in [6.45, 7) is 9.42. The van der Waals surface area contributed by atoms with Crippen LogP contribution in [0.25, 0.3) is 0 Å². The second-order valence-electron chi connectivity index (χ2n) is 5.23. The lowest BCUT2D eigenvalue weighted by Gasteiger charge is -2.19. The van der Waals surface area contributed by atoms with Crippen LogP contribution in [0.3, 0.4) is 0 Å². The number of aromatic nitrogens is 2. The lowest BCUT2D eigenvalue weighted by atomic mass is 10.2. The molecule has 6 nitrogen and oxygen atoms in total. The van der Waals surface area contributed by atoms with Crippen LogP contribution in [0.15, 0.2) is 12.1 Å². The minimum atomic E-state index is -0.540. The zero-order chi connectivity index (χ0) is 13.8. The molecule has 0 spiro atoms. The van der Waals surface area contributed by atoms with Crippen LogP contribution in [-0.4, -0.2) is 27.9 Å². The Hall–Kier alpha value is -1.85. The summed E-state index contributed by atoms with van der Waals surface area (Å²) >= 11 is 0. The Labute approximate surface area is 107 Å². The van der Waals surface area contributed by atoms with Crippen molar-refractivity contribution in [3.05, 3.63) is 12.1 Å². The number of anilines is 2. The number of nitrogens with one attached hydrogen (secondary N) is 2. The summed E-state index contributed by atoms with van der Waals surface area (Å²) in [6, 6.07) is 3.70. The molecular formula is C12H20N4O2. The maximum Gasteiger partial charge on any atom is 0.413 e. The first-order valence-corrected chi connectivity index (χ1v) is 5.86. The first kappa shape index (κ1) is 14.2. The van der Waals surface area contributed by atoms with Crippen molar-refractivity contribution in [3.8, 4) is 0 Å². The molecule has 0 unspecified atom stereocenters. The smallest absolute Gasteiger partial charge is 0.413 e. The van der Waals surface area contributed by atoms with Crippen LogP contribution in [0.1, 0.15) is 34.6 Å². The van der Waals surface area contributed by atoms with E-state index in [1.807, 2.05) is 13.8 Å². The summed E-state index contributed by atoms with van der Waals surface area (Å²) in [4.78, 5) is 11.5. The first-order valence-electron chi connectivity index (χ1n) is 5.86. The Kier molecular flexibility index (Phi) is 4.47. The van der Waals surface area contributed by atoms with Gasteiger partial charge in [0.1, 0.15) is 11.4 Å². The third kappa shape index (κ3) is 5.47. The molecule has 2 N–H and O–H groups in total. The standard InChI is InChI=1S/C12H20N4O2/c1-8(2)13-9-6-7-10(16-15-9)14-11(17)18-12(3,4)5/h6-8H,1-5H3,(H,13,15)(H,14,16,17). The molecule has 1 amide bonds. The Balaban J connectivity index is 2.56. The fourth-order valence-electron chi connectivity index (χ4n) is 1.18. The molecule has 0 saturated carbocycles. The zero-order valence-electron chi connectivity index (χ0n) is 11.4. The van der Waals surface area contributed by atoms with Gasteiger partial charge in [-0.15, -0.1) is 10.2 Å². The van der Waals surface area contributed by atoms with Crippen LogP contribution in [0.5, 0.6) is 0 Å². The van der Waals surface area contributed by atoms with Gasteiger partial charge < -0.3 is 10.1 Å². The molecule has 0 aliphatic carbocycles. The first-order chi connectivity index (χ1) is 8.26. The van der Waals surface area contributed by atoms with Crippen LogP contribution in [0, 0.1) is 0 Å². The topological polar surface area (TPSA) is 76.1 Å². The number of hydrogen-bond donors (Lipinski definition) is 2. The van der Waals surface area contributed by atoms with Crippen molar-refractivity contribution in [2.45, 2.75) is 46.3 Å². The van der Waals surface area contributed by atoms with Gasteiger partial charge in [-0.1, -0.05) is 0 Å². The van der Waals surface area contributed by atoms with E-state index in [0.29, 0.717) is 11.6 Å². The number of rotatable bonds is 3. The summed E-state index contributed by atoms with van der Waals surface area (Å²) in [5, 5.41) is 13.4. The highest BCUT2D eigenvalue weighted by atomic mass is 16.6. The zero-order valence-corrected chi connectivity index (χ0v) is 11.4. The molecule has 1 aromatic rings. The Bertz CT molecular complexity index is 396. The predicted molar refractivity (Wildman–Crippen MR) is 70.6 cm³/mol. The van der Waals surface area contributed by atoms with Gasteiger partial charge in [-0.2, -0.15) is 0 Å². The average molecular weight is 252 g/mol. The molecule has 0 aliphatic heterocycles. The maximum absolute atomic E-state index is 11.5. The van der Waals surface area contributed by atoms with E-state index < -0.39 is 11.7 Å². The summed E-state index contributed by atoms with van der Waals surface area (Å²) < 4.78 is 5.10. The van der Waals surface area contributed by atoms with Crippen molar-refractivity contribution < 1.29 is 9.53 Å². The largest absolute Gasteiger partial charge is 0.444 e. The molecule has 1 aromatic heterocycles. The fraction of sp³-hybridized carbons (Fsp3) is 0.583. The molecule has 0 aliphatic rings. The van der Waals surface area contributed by atoms with Crippen molar-refractivity contribution >= 4 is 17.7 Å². The van der Waals surface area contributed by atoms with E-state index in [2.05, 4.69) is 20.8 Å². The monoisotopic (exact) mass is 252 g/mol. The van der Waals surface area contributed by atoms with Crippen molar-refractivity contribution in [1.29, 1.82) is 0 Å². The van der Waals surface area contributed by atoms with Gasteiger partial charge in [-0.25, -0.2) is 4.79 Å². The number of carbonyl (C=O) groups excluding carboxylic acids is 1. The van der Waals surface area contributed by atoms with Gasteiger partial charge in [0.2, 0.25) is 0 Å². The van der Waals surface area contributed by atoms with Crippen molar-refractivity contribution in [2.75, 3.05) is 10.6 Å². The molecule has 1 rings (SSSR count). The van der Waals surface area contributed by atoms with Crippen molar-refractivity contribution in [1.82, 2.24) is 10.2 Å². The van der Waals surface area contributed by atoms with Crippen LogP contribution in [0.2, 0.25) is 0 Å². The van der Waals surface area contributed by atoms with E-state index in [4.69, 9.17) is 4.74 Å². The Morgan fingerprint density at radius 1 is 1.22 bits per heavy atom. The third-order valence-corrected chi connectivity index (χ3v) is 1.73. The SMILES string of the molecule is CC(C)Nc1ccc(NC(=O)OC(C)(C)C)nn1. The van der Waals surface area contributed by atoms with Gasteiger partial charge in [0, 0.05) is 6.04 Å². The van der Waals surface area contributed by atoms with Gasteiger partial charge in [0.15, 0.2) is 5.82 Å². The molecule has 1 heterocycles. The lowest BCUT2D eigenvalue weighted by Crippen LogP contribution is -2.27. The predicted octanol–water partition coefficient (Wildman–Crippen LogP) is 2.64. The Morgan fingerprint density at radius 2 is 1.78 bits per heavy atom. The molecular weight excluding hydrogens is 232 g/mol. The number of nitrogens with zero attached hydrogens (tertiary/aromatic N) is 2. The van der Waals surface area contributed by atoms with E-state index in [0.717, 1.165) is 0 Å². The highest BCUT2D eigenvalue weighted by Crippen LogP contribution is 2.11. The van der Waals surface area contributed by atoms with Crippen LogP contribution in [0.4, 0.5) is 16.4 Å². The maximum atomic E-state index is 11.5. The lowest BCUT2D eigenvalue weighted by molar-refractivity contribution is 0.0635. The second kappa shape index (κ2) is 5.66. The van der Waals surface area contributed by atoms with Crippen LogP contribution in [-0.2, 0) is 4.74 Å². The van der Waals surface area contributed by atoms with Gasteiger partial charge in [0.05, 0.1) is 0 Å². The van der Waals surface area contributed by atoms with E-state index in [-0.39, 0.29) is 6.04 Å². The van der Waals surface area contributed by atoms with E-state index in [1.165, 1.54) is 0 Å². The minimum absolute atomic E-state index is 0.281. The van der Waals surface area contributed by atoms with Gasteiger partial charge >= 0.3 is 6.09 Å². The highest BCUT2D eigenvalue weighted by Gasteiger charge is 2.16. The highest BCUT2D eigenvalue weighted by molar-refractivity contribution is 5.83. The number of carbonyl (C=O) groups is 1. The molecule has 0 radical (unpaired) electrons. The van der Waals surface area contributed by atoms with Gasteiger partial charge in [-0.3, -0.25) is 5.32 Å². The molecule has 0 bridgehead atoms. The molecule has 0 saturated heterocycles. The van der Waals surface area contributed by atoms with E-state index in [1.54, 1.807) is 32.9 Å². The average Bonchev–Trinajstić information content (AvgIpc) is 2.17. The molecule has 100 valence electrons. The summed E-state index contributed by atoms with van der Waals surface area (Å²) in [6.07, 6.45) is -0.540. The van der Waals surface area contributed by atoms with Crippen molar-refractivity contribution in [2.24, 2.45) is 0 Å². The molecule has 6 heteroatoms. The minimum Gasteiger partial charge on any atom is -0.444 e. The van der Waals surface area contributed by atoms with E-state index in [9.17, 15) is 4.79 Å². The van der Waals surface area contributed by atoms with Crippen LogP contribution >= 0.6 is 0 Å². The fourth-order valence-corrected chi connectivity index (χ4v) is 1.18. The van der Waals surface area contributed by atoms with Crippen LogP contribution < -0.4 is 10.6 Å². The Morgan fingerprint density at radius 3 is 2.22 bits per heavy atom. The van der Waals surface area contributed by atoms with Gasteiger partial charge in [-0.05, 0) is 46.8 Å². The summed E-state index contributed by atoms with van der Waals surface area (Å²) in [5.41, 5.74) is -0.531. The number of amides is 1. The molecule has 0 aromatic carbocycles. The quantitative estimate of drug-likeness (QED) is 0.864. The third-order valence-electron chi connectivity index (χ3n) is 1.73. The van der Waals surface area contributed by atoms with Gasteiger partial charge in [0.25, 0.3) is 0 Å². The molecule has 0 atom stereocenters. The van der Waals surface area contributed by atoms with Crippen molar-refractivity contribution in [3.63, 3.8) is 0 Å². The number of ether oxygens (including phenoxy) is 1. The second-order valence-corrected chi connectivity index (χ2v) is 5.23. The summed E-state index contributed by atoms with van der Waals surface area (Å²) in [7, 11) is 0.